The molecule has 0 bridgehead atoms. The normalized spacial score (nSPS) is 11.6. The van der Waals surface area contributed by atoms with E-state index in [9.17, 15) is 8.42 Å². The Balaban J connectivity index is 2.15. The van der Waals surface area contributed by atoms with Gasteiger partial charge in [-0.1, -0.05) is 11.6 Å². The minimum atomic E-state index is -3.60. The lowest BCUT2D eigenvalue weighted by Gasteiger charge is -2.08. The number of rotatable bonds is 5. The number of hydrogen-bond donors (Lipinski definition) is 1. The van der Waals surface area contributed by atoms with Gasteiger partial charge in [-0.3, -0.25) is 0 Å². The van der Waals surface area contributed by atoms with Gasteiger partial charge < -0.3 is 9.30 Å². The summed E-state index contributed by atoms with van der Waals surface area (Å²) in [4.78, 5) is 0.110. The van der Waals surface area contributed by atoms with Gasteiger partial charge in [-0.25, -0.2) is 13.1 Å². The number of ether oxygens (including phenoxy) is 1. The van der Waals surface area contributed by atoms with E-state index in [1.165, 1.54) is 25.3 Å². The molecule has 2 aromatic rings. The molecule has 0 atom stereocenters. The highest BCUT2D eigenvalue weighted by molar-refractivity contribution is 7.89. The largest absolute Gasteiger partial charge is 0.495 e. The van der Waals surface area contributed by atoms with Crippen molar-refractivity contribution < 1.29 is 13.2 Å². The van der Waals surface area contributed by atoms with Crippen LogP contribution in [0.3, 0.4) is 0 Å². The average Bonchev–Trinajstić information content (AvgIpc) is 2.82. The summed E-state index contributed by atoms with van der Waals surface area (Å²) in [5.74, 6) is 0.439. The zero-order valence-corrected chi connectivity index (χ0v) is 12.7. The molecule has 0 unspecified atom stereocenters. The van der Waals surface area contributed by atoms with E-state index in [2.05, 4.69) is 4.72 Å². The van der Waals surface area contributed by atoms with Crippen LogP contribution in [0.2, 0.25) is 5.02 Å². The van der Waals surface area contributed by atoms with Crippen molar-refractivity contribution >= 4 is 21.6 Å². The Morgan fingerprint density at radius 2 is 2.10 bits per heavy atom. The van der Waals surface area contributed by atoms with Crippen LogP contribution in [0.5, 0.6) is 5.75 Å². The van der Waals surface area contributed by atoms with Gasteiger partial charge >= 0.3 is 0 Å². The average molecular weight is 315 g/mol. The number of halogens is 1. The zero-order chi connectivity index (χ0) is 14.8. The standard InChI is InChI=1S/C13H15ClN2O3S/c1-16-6-5-10(9-16)8-15-20(17,18)11-3-4-13(19-2)12(14)7-11/h3-7,9,15H,8H2,1-2H3. The topological polar surface area (TPSA) is 60.3 Å². The van der Waals surface area contributed by atoms with Crippen molar-refractivity contribution in [2.75, 3.05) is 7.11 Å². The smallest absolute Gasteiger partial charge is 0.240 e. The first-order chi connectivity index (χ1) is 9.42. The van der Waals surface area contributed by atoms with Crippen molar-refractivity contribution in [2.45, 2.75) is 11.4 Å². The van der Waals surface area contributed by atoms with Gasteiger partial charge in [0, 0.05) is 26.0 Å². The second-order valence-corrected chi connectivity index (χ2v) is 6.48. The van der Waals surface area contributed by atoms with Crippen molar-refractivity contribution in [3.05, 3.63) is 47.2 Å². The van der Waals surface area contributed by atoms with E-state index in [4.69, 9.17) is 16.3 Å². The molecule has 0 spiro atoms. The number of nitrogens with zero attached hydrogens (tertiary/aromatic N) is 1. The Hall–Kier alpha value is -1.50. The molecule has 2 rings (SSSR count). The first-order valence-electron chi connectivity index (χ1n) is 5.86. The van der Waals surface area contributed by atoms with E-state index in [1.54, 1.807) is 0 Å². The molecule has 0 radical (unpaired) electrons. The fourth-order valence-corrected chi connectivity index (χ4v) is 3.11. The third-order valence-corrected chi connectivity index (χ3v) is 4.49. The Kier molecular flexibility index (Phi) is 4.37. The minimum Gasteiger partial charge on any atom is -0.495 e. The Morgan fingerprint density at radius 3 is 2.65 bits per heavy atom. The van der Waals surface area contributed by atoms with Gasteiger partial charge in [-0.15, -0.1) is 0 Å². The van der Waals surface area contributed by atoms with Gasteiger partial charge in [-0.05, 0) is 29.8 Å². The molecule has 0 aliphatic rings. The summed E-state index contributed by atoms with van der Waals surface area (Å²) in [6.45, 7) is 0.229. The number of methoxy groups -OCH3 is 1. The molecule has 108 valence electrons. The summed E-state index contributed by atoms with van der Waals surface area (Å²) in [7, 11) is -0.244. The Labute approximate surface area is 123 Å². The Morgan fingerprint density at radius 1 is 1.35 bits per heavy atom. The molecule has 7 heteroatoms. The second-order valence-electron chi connectivity index (χ2n) is 4.31. The summed E-state index contributed by atoms with van der Waals surface area (Å²) >= 11 is 5.94. The molecule has 0 aliphatic heterocycles. The molecule has 20 heavy (non-hydrogen) atoms. The number of benzene rings is 1. The Bertz CT molecular complexity index is 710. The molecule has 0 fully saturated rings. The third-order valence-electron chi connectivity index (χ3n) is 2.79. The van der Waals surface area contributed by atoms with E-state index in [1.807, 2.05) is 30.1 Å². The molecule has 1 N–H and O–H groups in total. The number of sulfonamides is 1. The monoisotopic (exact) mass is 314 g/mol. The predicted octanol–water partition coefficient (Wildman–Crippen LogP) is 2.17. The molecule has 0 saturated heterocycles. The maximum absolute atomic E-state index is 12.1. The summed E-state index contributed by atoms with van der Waals surface area (Å²) in [6, 6.07) is 6.20. The lowest BCUT2D eigenvalue weighted by molar-refractivity contribution is 0.414. The van der Waals surface area contributed by atoms with Crippen molar-refractivity contribution in [3.63, 3.8) is 0 Å². The van der Waals surface area contributed by atoms with Crippen molar-refractivity contribution in [1.82, 2.24) is 9.29 Å². The maximum atomic E-state index is 12.1. The quantitative estimate of drug-likeness (QED) is 0.920. The van der Waals surface area contributed by atoms with Crippen molar-refractivity contribution in [3.8, 4) is 5.75 Å². The molecule has 1 aromatic carbocycles. The van der Waals surface area contributed by atoms with Crippen LogP contribution in [0.1, 0.15) is 5.56 Å². The van der Waals surface area contributed by atoms with Gasteiger partial charge in [-0.2, -0.15) is 0 Å². The fourth-order valence-electron chi connectivity index (χ4n) is 1.74. The maximum Gasteiger partial charge on any atom is 0.240 e. The van der Waals surface area contributed by atoms with Crippen LogP contribution in [0.25, 0.3) is 0 Å². The summed E-state index contributed by atoms with van der Waals surface area (Å²) in [5.41, 5.74) is 0.885. The second kappa shape index (κ2) is 5.87. The highest BCUT2D eigenvalue weighted by Crippen LogP contribution is 2.26. The molecule has 5 nitrogen and oxygen atoms in total. The van der Waals surface area contributed by atoms with E-state index >= 15 is 0 Å². The minimum absolute atomic E-state index is 0.110. The first kappa shape index (κ1) is 14.9. The van der Waals surface area contributed by atoms with Crippen molar-refractivity contribution in [2.24, 2.45) is 7.05 Å². The molecule has 0 amide bonds. The number of nitrogens with one attached hydrogen (secondary N) is 1. The van der Waals surface area contributed by atoms with Gasteiger partial charge in [0.15, 0.2) is 0 Å². The van der Waals surface area contributed by atoms with E-state index in [0.29, 0.717) is 5.75 Å². The van der Waals surface area contributed by atoms with Crippen LogP contribution >= 0.6 is 11.6 Å². The first-order valence-corrected chi connectivity index (χ1v) is 7.72. The van der Waals surface area contributed by atoms with E-state index < -0.39 is 10.0 Å². The molecular weight excluding hydrogens is 300 g/mol. The molecule has 0 aliphatic carbocycles. The van der Waals surface area contributed by atoms with Crippen LogP contribution in [-0.4, -0.2) is 20.1 Å². The number of hydrogen-bond acceptors (Lipinski definition) is 3. The molecule has 1 heterocycles. The SMILES string of the molecule is COc1ccc(S(=O)(=O)NCc2ccn(C)c2)cc1Cl. The van der Waals surface area contributed by atoms with Crippen LogP contribution in [-0.2, 0) is 23.6 Å². The van der Waals surface area contributed by atoms with Crippen LogP contribution in [0, 0.1) is 0 Å². The predicted molar refractivity (Wildman–Crippen MR) is 77.4 cm³/mol. The van der Waals surface area contributed by atoms with E-state index in [-0.39, 0.29) is 16.5 Å². The number of aryl methyl sites for hydroxylation is 1. The van der Waals surface area contributed by atoms with Crippen LogP contribution in [0.4, 0.5) is 0 Å². The lowest BCUT2D eigenvalue weighted by atomic mass is 10.3. The zero-order valence-electron chi connectivity index (χ0n) is 11.1. The van der Waals surface area contributed by atoms with Crippen LogP contribution in [0.15, 0.2) is 41.6 Å². The number of aromatic nitrogens is 1. The lowest BCUT2D eigenvalue weighted by Crippen LogP contribution is -2.23. The molecule has 1 aromatic heterocycles. The summed E-state index contributed by atoms with van der Waals surface area (Å²) in [6.07, 6.45) is 3.71. The molecule has 0 saturated carbocycles. The van der Waals surface area contributed by atoms with Crippen molar-refractivity contribution in [1.29, 1.82) is 0 Å². The van der Waals surface area contributed by atoms with E-state index in [0.717, 1.165) is 5.56 Å². The van der Waals surface area contributed by atoms with Gasteiger partial charge in [0.05, 0.1) is 17.0 Å². The molecular formula is C13H15ClN2O3S. The van der Waals surface area contributed by atoms with Gasteiger partial charge in [0.2, 0.25) is 10.0 Å². The highest BCUT2D eigenvalue weighted by atomic mass is 35.5. The highest BCUT2D eigenvalue weighted by Gasteiger charge is 2.15. The summed E-state index contributed by atoms with van der Waals surface area (Å²) < 4.78 is 33.7. The summed E-state index contributed by atoms with van der Waals surface area (Å²) in [5, 5.41) is 0.259. The van der Waals surface area contributed by atoms with Crippen LogP contribution < -0.4 is 9.46 Å². The van der Waals surface area contributed by atoms with Gasteiger partial charge in [0.1, 0.15) is 5.75 Å². The van der Waals surface area contributed by atoms with Gasteiger partial charge in [0.25, 0.3) is 0 Å². The fraction of sp³-hybridized carbons (Fsp3) is 0.231. The third kappa shape index (κ3) is 3.33.